The summed E-state index contributed by atoms with van der Waals surface area (Å²) in [7, 11) is 0. The first-order chi connectivity index (χ1) is 17.0. The van der Waals surface area contributed by atoms with Crippen LogP contribution in [0.1, 0.15) is 35.8 Å². The highest BCUT2D eigenvalue weighted by atomic mass is 79.9. The lowest BCUT2D eigenvalue weighted by atomic mass is 9.97. The molecule has 178 valence electrons. The van der Waals surface area contributed by atoms with Gasteiger partial charge in [-0.3, -0.25) is 14.2 Å². The standard InChI is InChI=1S/C26H23BrN4O2S2/c1-16(17-11-13-18(27)14-12-17)29-30-22(32)15-34-26-28-24-23(20-9-5-6-10-21(20)35-24)25(33)31(26)19-7-3-2-4-8-19/h2-4,7-8,11-14H,5-6,9-10,15H2,1H3,(H,30,32). The highest BCUT2D eigenvalue weighted by Crippen LogP contribution is 2.35. The number of carbonyl (C=O) groups is 1. The second kappa shape index (κ2) is 10.5. The van der Waals surface area contributed by atoms with Gasteiger partial charge < -0.3 is 0 Å². The molecule has 0 spiro atoms. The zero-order valence-corrected chi connectivity index (χ0v) is 22.3. The molecule has 1 aliphatic carbocycles. The molecule has 1 N–H and O–H groups in total. The van der Waals surface area contributed by atoms with E-state index in [-0.39, 0.29) is 17.2 Å². The van der Waals surface area contributed by atoms with Crippen molar-refractivity contribution in [1.29, 1.82) is 0 Å². The first-order valence-corrected chi connectivity index (χ1v) is 14.0. The van der Waals surface area contributed by atoms with Crippen molar-refractivity contribution in [3.05, 3.63) is 85.4 Å². The van der Waals surface area contributed by atoms with Gasteiger partial charge in [0, 0.05) is 9.35 Å². The monoisotopic (exact) mass is 566 g/mol. The Balaban J connectivity index is 1.42. The molecule has 0 bridgehead atoms. The number of aryl methyl sites for hydroxylation is 2. The van der Waals surface area contributed by atoms with Crippen LogP contribution in [0.3, 0.4) is 0 Å². The van der Waals surface area contributed by atoms with Gasteiger partial charge in [-0.15, -0.1) is 11.3 Å². The van der Waals surface area contributed by atoms with Crippen molar-refractivity contribution in [3.8, 4) is 5.69 Å². The van der Waals surface area contributed by atoms with Gasteiger partial charge in [0.1, 0.15) is 4.83 Å². The van der Waals surface area contributed by atoms with Crippen LogP contribution in [0, 0.1) is 0 Å². The van der Waals surface area contributed by atoms with Crippen LogP contribution in [0.25, 0.3) is 15.9 Å². The van der Waals surface area contributed by atoms with E-state index in [0.29, 0.717) is 10.9 Å². The minimum Gasteiger partial charge on any atom is -0.272 e. The van der Waals surface area contributed by atoms with Crippen molar-refractivity contribution in [3.63, 3.8) is 0 Å². The molecule has 1 aliphatic rings. The Labute approximate surface area is 219 Å². The topological polar surface area (TPSA) is 76.3 Å². The number of nitrogens with one attached hydrogen (secondary N) is 1. The molecule has 0 fully saturated rings. The van der Waals surface area contributed by atoms with Gasteiger partial charge in [-0.25, -0.2) is 10.4 Å². The number of fused-ring (bicyclic) bond motifs is 3. The predicted octanol–water partition coefficient (Wildman–Crippen LogP) is 5.72. The van der Waals surface area contributed by atoms with Crippen LogP contribution in [-0.2, 0) is 17.6 Å². The molecule has 4 aromatic rings. The highest BCUT2D eigenvalue weighted by Gasteiger charge is 2.23. The van der Waals surface area contributed by atoms with E-state index >= 15 is 0 Å². The molecule has 0 saturated carbocycles. The van der Waals surface area contributed by atoms with E-state index in [4.69, 9.17) is 4.98 Å². The lowest BCUT2D eigenvalue weighted by Gasteiger charge is -2.13. The molecule has 35 heavy (non-hydrogen) atoms. The second-order valence-corrected chi connectivity index (χ2v) is 11.2. The van der Waals surface area contributed by atoms with E-state index in [1.807, 2.05) is 61.5 Å². The van der Waals surface area contributed by atoms with E-state index in [0.717, 1.165) is 57.2 Å². The number of hydrogen-bond donors (Lipinski definition) is 1. The number of rotatable bonds is 6. The Morgan fingerprint density at radius 3 is 2.66 bits per heavy atom. The smallest absolute Gasteiger partial charge is 0.267 e. The number of carbonyl (C=O) groups excluding carboxylic acids is 1. The van der Waals surface area contributed by atoms with Crippen molar-refractivity contribution in [1.82, 2.24) is 15.0 Å². The van der Waals surface area contributed by atoms with Crippen LogP contribution in [0.2, 0.25) is 0 Å². The van der Waals surface area contributed by atoms with E-state index in [1.54, 1.807) is 15.9 Å². The van der Waals surface area contributed by atoms with Crippen LogP contribution >= 0.6 is 39.0 Å². The van der Waals surface area contributed by atoms with Gasteiger partial charge in [-0.2, -0.15) is 5.10 Å². The Hall–Kier alpha value is -2.75. The Bertz CT molecular complexity index is 1480. The number of halogens is 1. The third-order valence-electron chi connectivity index (χ3n) is 5.92. The van der Waals surface area contributed by atoms with Gasteiger partial charge in [-0.05, 0) is 68.0 Å². The van der Waals surface area contributed by atoms with Crippen molar-refractivity contribution in [2.45, 2.75) is 37.8 Å². The summed E-state index contributed by atoms with van der Waals surface area (Å²) in [6.07, 6.45) is 4.17. The number of thioether (sulfide) groups is 1. The van der Waals surface area contributed by atoms with Crippen LogP contribution in [0.15, 0.2) is 74.1 Å². The minimum atomic E-state index is -0.258. The molecule has 2 aromatic heterocycles. The SMILES string of the molecule is CC(=NNC(=O)CSc1nc2sc3c(c2c(=O)n1-c1ccccc1)CCCC3)c1ccc(Br)cc1. The maximum Gasteiger partial charge on any atom is 0.267 e. The summed E-state index contributed by atoms with van der Waals surface area (Å²) in [4.78, 5) is 33.2. The molecular weight excluding hydrogens is 544 g/mol. The number of benzene rings is 2. The maximum atomic E-state index is 13.7. The van der Waals surface area contributed by atoms with Crippen LogP contribution in [0.4, 0.5) is 0 Å². The zero-order valence-electron chi connectivity index (χ0n) is 19.1. The number of nitrogens with zero attached hydrogens (tertiary/aromatic N) is 3. The van der Waals surface area contributed by atoms with E-state index < -0.39 is 0 Å². The molecule has 2 aromatic carbocycles. The zero-order chi connectivity index (χ0) is 24.4. The largest absolute Gasteiger partial charge is 0.272 e. The van der Waals surface area contributed by atoms with E-state index in [1.165, 1.54) is 16.6 Å². The lowest BCUT2D eigenvalue weighted by Crippen LogP contribution is -2.24. The Morgan fingerprint density at radius 1 is 1.14 bits per heavy atom. The third kappa shape index (κ3) is 5.12. The summed E-state index contributed by atoms with van der Waals surface area (Å²) in [5, 5.41) is 5.47. The molecule has 0 radical (unpaired) electrons. The van der Waals surface area contributed by atoms with Crippen LogP contribution in [0.5, 0.6) is 0 Å². The first-order valence-electron chi connectivity index (χ1n) is 11.4. The average molecular weight is 568 g/mol. The van der Waals surface area contributed by atoms with Crippen LogP contribution < -0.4 is 11.0 Å². The van der Waals surface area contributed by atoms with Crippen molar-refractivity contribution in [2.75, 3.05) is 5.75 Å². The fraction of sp³-hybridized carbons (Fsp3) is 0.231. The molecule has 0 aliphatic heterocycles. The lowest BCUT2D eigenvalue weighted by molar-refractivity contribution is -0.118. The molecule has 9 heteroatoms. The van der Waals surface area contributed by atoms with Crippen molar-refractivity contribution in [2.24, 2.45) is 5.10 Å². The fourth-order valence-electron chi connectivity index (χ4n) is 4.15. The molecule has 0 unspecified atom stereocenters. The number of amides is 1. The maximum absolute atomic E-state index is 13.7. The number of hydrogen-bond acceptors (Lipinski definition) is 6. The molecule has 0 saturated heterocycles. The summed E-state index contributed by atoms with van der Waals surface area (Å²) in [6.45, 7) is 1.85. The van der Waals surface area contributed by atoms with Gasteiger partial charge in [0.15, 0.2) is 5.16 Å². The molecule has 1 amide bonds. The number of hydrazone groups is 1. The normalized spacial score (nSPS) is 13.6. The summed E-state index contributed by atoms with van der Waals surface area (Å²) in [5.74, 6) is -0.168. The second-order valence-electron chi connectivity index (χ2n) is 8.29. The van der Waals surface area contributed by atoms with Crippen molar-refractivity contribution >= 4 is 60.9 Å². The van der Waals surface area contributed by atoms with E-state index in [9.17, 15) is 9.59 Å². The van der Waals surface area contributed by atoms with Gasteiger partial charge in [0.2, 0.25) is 0 Å². The number of thiophene rings is 1. The predicted molar refractivity (Wildman–Crippen MR) is 147 cm³/mol. The Morgan fingerprint density at radius 2 is 1.89 bits per heavy atom. The molecule has 0 atom stereocenters. The third-order valence-corrected chi connectivity index (χ3v) is 8.57. The van der Waals surface area contributed by atoms with Gasteiger partial charge >= 0.3 is 0 Å². The first kappa shape index (κ1) is 24.0. The summed E-state index contributed by atoms with van der Waals surface area (Å²) >= 11 is 6.28. The summed E-state index contributed by atoms with van der Waals surface area (Å²) < 4.78 is 2.62. The highest BCUT2D eigenvalue weighted by molar-refractivity contribution is 9.10. The Kier molecular flexibility index (Phi) is 7.17. The summed E-state index contributed by atoms with van der Waals surface area (Å²) in [6, 6.07) is 17.2. The summed E-state index contributed by atoms with van der Waals surface area (Å²) in [5.41, 5.74) is 6.09. The van der Waals surface area contributed by atoms with Gasteiger partial charge in [-0.1, -0.05) is 58.0 Å². The molecule has 2 heterocycles. The number of para-hydroxylation sites is 1. The van der Waals surface area contributed by atoms with Crippen LogP contribution in [-0.4, -0.2) is 26.9 Å². The van der Waals surface area contributed by atoms with E-state index in [2.05, 4.69) is 26.5 Å². The average Bonchev–Trinajstić information content (AvgIpc) is 3.25. The molecule has 6 nitrogen and oxygen atoms in total. The van der Waals surface area contributed by atoms with Gasteiger partial charge in [0.25, 0.3) is 11.5 Å². The van der Waals surface area contributed by atoms with Gasteiger partial charge in [0.05, 0.1) is 22.5 Å². The minimum absolute atomic E-state index is 0.0624. The fourth-order valence-corrected chi connectivity index (χ4v) is 6.52. The number of aromatic nitrogens is 2. The van der Waals surface area contributed by atoms with Crippen molar-refractivity contribution < 1.29 is 4.79 Å². The quantitative estimate of drug-likeness (QED) is 0.140. The molecule has 5 rings (SSSR count). The molecular formula is C26H23BrN4O2S2.